The Kier molecular flexibility index (Phi) is 51.5. The molecule has 0 spiro atoms. The number of aliphatic hydroxyl groups is 3. The average Bonchev–Trinajstić information content (AvgIpc) is 3.28. The minimum Gasteiger partial charge on any atom is -0.394 e. The van der Waals surface area contributed by atoms with Crippen molar-refractivity contribution in [2.45, 2.75) is 327 Å². The summed E-state index contributed by atoms with van der Waals surface area (Å²) in [6, 6.07) is -0.807. The first kappa shape index (κ1) is 60.8. The Morgan fingerprint density at radius 1 is 0.403 bits per heavy atom. The molecule has 0 fully saturated rings. The Balaban J connectivity index is 3.48. The molecule has 62 heavy (non-hydrogen) atoms. The molecule has 5 heteroatoms. The summed E-state index contributed by atoms with van der Waals surface area (Å²) in [5.74, 6) is -0.140. The van der Waals surface area contributed by atoms with Crippen LogP contribution in [-0.2, 0) is 4.79 Å². The molecule has 3 atom stereocenters. The lowest BCUT2D eigenvalue weighted by molar-refractivity contribution is -0.124. The largest absolute Gasteiger partial charge is 0.394 e. The zero-order valence-corrected chi connectivity index (χ0v) is 42.0. The van der Waals surface area contributed by atoms with Gasteiger partial charge in [-0.25, -0.2) is 0 Å². The summed E-state index contributed by atoms with van der Waals surface area (Å²) in [6.45, 7) is 4.20. The predicted octanol–water partition coefficient (Wildman–Crippen LogP) is 17.3. The molecule has 0 aliphatic carbocycles. The van der Waals surface area contributed by atoms with Crippen LogP contribution in [0.1, 0.15) is 309 Å². The Morgan fingerprint density at radius 2 is 0.694 bits per heavy atom. The molecule has 0 heterocycles. The van der Waals surface area contributed by atoms with Gasteiger partial charge in [0.1, 0.15) is 6.10 Å². The normalized spacial score (nSPS) is 13.4. The quantitative estimate of drug-likeness (QED) is 0.0362. The van der Waals surface area contributed by atoms with E-state index in [2.05, 4.69) is 43.5 Å². The Hall–Kier alpha value is -1.17. The summed E-state index contributed by atoms with van der Waals surface area (Å²) in [7, 11) is 0. The van der Waals surface area contributed by atoms with E-state index in [4.69, 9.17) is 0 Å². The molecule has 1 amide bonds. The summed E-state index contributed by atoms with van der Waals surface area (Å²) in [5, 5.41) is 33.7. The smallest absolute Gasteiger partial charge is 0.220 e. The van der Waals surface area contributed by atoms with Crippen molar-refractivity contribution in [3.05, 3.63) is 24.3 Å². The highest BCUT2D eigenvalue weighted by molar-refractivity contribution is 5.76. The molecular formula is C57H111NO4. The van der Waals surface area contributed by atoms with E-state index in [-0.39, 0.29) is 12.5 Å². The molecule has 0 aromatic carbocycles. The molecule has 0 aliphatic heterocycles. The highest BCUT2D eigenvalue weighted by Gasteiger charge is 2.26. The van der Waals surface area contributed by atoms with Crippen molar-refractivity contribution in [2.24, 2.45) is 0 Å². The third-order valence-electron chi connectivity index (χ3n) is 13.3. The third kappa shape index (κ3) is 46.8. The van der Waals surface area contributed by atoms with Gasteiger partial charge in [0.05, 0.1) is 18.8 Å². The van der Waals surface area contributed by atoms with Crippen molar-refractivity contribution in [3.63, 3.8) is 0 Å². The summed E-state index contributed by atoms with van der Waals surface area (Å²) >= 11 is 0. The van der Waals surface area contributed by atoms with Crippen LogP contribution in [-0.4, -0.2) is 46.1 Å². The number of aliphatic hydroxyl groups excluding tert-OH is 3. The van der Waals surface area contributed by atoms with Crippen molar-refractivity contribution >= 4 is 5.91 Å². The predicted molar refractivity (Wildman–Crippen MR) is 273 cm³/mol. The minimum atomic E-state index is -1.13. The van der Waals surface area contributed by atoms with Gasteiger partial charge in [0.25, 0.3) is 0 Å². The standard InChI is InChI=1S/C57H111NO4/c1-3-5-7-9-11-13-15-17-19-20-21-22-23-24-25-26-27-28-29-30-31-32-33-34-35-36-38-40-42-44-46-48-50-52-56(61)58-54(53-59)57(62)55(60)51-49-47-45-43-41-39-37-18-16-14-12-10-8-6-4-2/h21-22,24-25,54-55,57,59-60,62H,3-20,23,26-53H2,1-2H3,(H,58,61)/b22-21-,25-24-. The van der Waals surface area contributed by atoms with Gasteiger partial charge in [0.2, 0.25) is 5.91 Å². The van der Waals surface area contributed by atoms with Crippen LogP contribution in [0.25, 0.3) is 0 Å². The van der Waals surface area contributed by atoms with Crippen LogP contribution >= 0.6 is 0 Å². The molecule has 0 rings (SSSR count). The molecule has 4 N–H and O–H groups in total. The van der Waals surface area contributed by atoms with E-state index < -0.39 is 18.2 Å². The number of amides is 1. The number of carbonyl (C=O) groups is 1. The maximum absolute atomic E-state index is 12.5. The van der Waals surface area contributed by atoms with Crippen LogP contribution < -0.4 is 5.32 Å². The van der Waals surface area contributed by atoms with Crippen molar-refractivity contribution in [1.29, 1.82) is 0 Å². The van der Waals surface area contributed by atoms with Gasteiger partial charge in [-0.1, -0.05) is 282 Å². The second-order valence-corrected chi connectivity index (χ2v) is 19.5. The van der Waals surface area contributed by atoms with E-state index in [1.54, 1.807) is 0 Å². The third-order valence-corrected chi connectivity index (χ3v) is 13.3. The van der Waals surface area contributed by atoms with Gasteiger partial charge in [0, 0.05) is 6.42 Å². The summed E-state index contributed by atoms with van der Waals surface area (Å²) < 4.78 is 0. The van der Waals surface area contributed by atoms with Gasteiger partial charge in [-0.2, -0.15) is 0 Å². The number of hydrogen-bond acceptors (Lipinski definition) is 4. The van der Waals surface area contributed by atoms with Crippen molar-refractivity contribution in [3.8, 4) is 0 Å². The number of unbranched alkanes of at least 4 members (excludes halogenated alkanes) is 40. The van der Waals surface area contributed by atoms with Crippen LogP contribution in [0.4, 0.5) is 0 Å². The first-order chi connectivity index (χ1) is 30.6. The van der Waals surface area contributed by atoms with E-state index in [0.29, 0.717) is 12.8 Å². The number of rotatable bonds is 52. The summed E-state index contributed by atoms with van der Waals surface area (Å²) in [5.41, 5.74) is 0. The molecule has 0 aliphatic rings. The lowest BCUT2D eigenvalue weighted by Gasteiger charge is -2.26. The van der Waals surface area contributed by atoms with Crippen molar-refractivity contribution in [2.75, 3.05) is 6.61 Å². The first-order valence-corrected chi connectivity index (χ1v) is 28.1. The van der Waals surface area contributed by atoms with Crippen molar-refractivity contribution < 1.29 is 20.1 Å². The molecule has 0 bridgehead atoms. The van der Waals surface area contributed by atoms with Crippen LogP contribution in [0.2, 0.25) is 0 Å². The summed E-state index contributed by atoms with van der Waals surface area (Å²) in [6.07, 6.45) is 66.2. The Morgan fingerprint density at radius 3 is 1.02 bits per heavy atom. The minimum absolute atomic E-state index is 0.140. The summed E-state index contributed by atoms with van der Waals surface area (Å²) in [4.78, 5) is 12.5. The lowest BCUT2D eigenvalue weighted by atomic mass is 9.99. The molecule has 0 radical (unpaired) electrons. The number of allylic oxidation sites excluding steroid dienone is 4. The Labute approximate surface area is 388 Å². The van der Waals surface area contributed by atoms with Gasteiger partial charge >= 0.3 is 0 Å². The van der Waals surface area contributed by atoms with Gasteiger partial charge in [-0.3, -0.25) is 4.79 Å². The molecular weight excluding hydrogens is 763 g/mol. The maximum Gasteiger partial charge on any atom is 0.220 e. The molecule has 3 unspecified atom stereocenters. The molecule has 0 saturated carbocycles. The van der Waals surface area contributed by atoms with Gasteiger partial charge in [-0.15, -0.1) is 0 Å². The van der Waals surface area contributed by atoms with E-state index in [1.807, 2.05) is 0 Å². The Bertz CT molecular complexity index is 920. The average molecular weight is 875 g/mol. The number of nitrogens with one attached hydrogen (secondary N) is 1. The fraction of sp³-hybridized carbons (Fsp3) is 0.912. The fourth-order valence-electron chi connectivity index (χ4n) is 8.96. The SMILES string of the molecule is CCCCCCCCCCC/C=C\C/C=C\CCCCCCCCCCCCCCCCCCCC(=O)NC(CO)C(O)C(O)CCCCCCCCCCCCCCCCC. The number of hydrogen-bond donors (Lipinski definition) is 4. The molecule has 368 valence electrons. The van der Waals surface area contributed by atoms with Gasteiger partial charge in [0.15, 0.2) is 0 Å². The number of carbonyl (C=O) groups excluding carboxylic acids is 1. The molecule has 0 aromatic heterocycles. The highest BCUT2D eigenvalue weighted by atomic mass is 16.3. The van der Waals surface area contributed by atoms with Crippen LogP contribution in [0.5, 0.6) is 0 Å². The lowest BCUT2D eigenvalue weighted by Crippen LogP contribution is -2.50. The molecule has 0 aromatic rings. The second kappa shape index (κ2) is 52.5. The van der Waals surface area contributed by atoms with Crippen LogP contribution in [0.3, 0.4) is 0 Å². The zero-order chi connectivity index (χ0) is 45.1. The van der Waals surface area contributed by atoms with Crippen LogP contribution in [0, 0.1) is 0 Å². The van der Waals surface area contributed by atoms with E-state index >= 15 is 0 Å². The molecule has 0 saturated heterocycles. The molecule has 5 nitrogen and oxygen atoms in total. The fourth-order valence-corrected chi connectivity index (χ4v) is 8.96. The topological polar surface area (TPSA) is 89.8 Å². The zero-order valence-electron chi connectivity index (χ0n) is 42.0. The van der Waals surface area contributed by atoms with E-state index in [0.717, 1.165) is 44.9 Å². The van der Waals surface area contributed by atoms with Gasteiger partial charge < -0.3 is 20.6 Å². The van der Waals surface area contributed by atoms with Gasteiger partial charge in [-0.05, 0) is 44.9 Å². The van der Waals surface area contributed by atoms with Crippen molar-refractivity contribution in [1.82, 2.24) is 5.32 Å². The van der Waals surface area contributed by atoms with E-state index in [9.17, 15) is 20.1 Å². The van der Waals surface area contributed by atoms with Crippen LogP contribution in [0.15, 0.2) is 24.3 Å². The monoisotopic (exact) mass is 874 g/mol. The van der Waals surface area contributed by atoms with E-state index in [1.165, 1.54) is 238 Å². The second-order valence-electron chi connectivity index (χ2n) is 19.5. The first-order valence-electron chi connectivity index (χ1n) is 28.1. The highest BCUT2D eigenvalue weighted by Crippen LogP contribution is 2.18. The maximum atomic E-state index is 12.5.